The highest BCUT2D eigenvalue weighted by molar-refractivity contribution is 9.10. The summed E-state index contributed by atoms with van der Waals surface area (Å²) in [7, 11) is 0. The highest BCUT2D eigenvalue weighted by Gasteiger charge is 2.36. The van der Waals surface area contributed by atoms with Gasteiger partial charge in [0.2, 0.25) is 5.91 Å². The van der Waals surface area contributed by atoms with Gasteiger partial charge in [-0.1, -0.05) is 48.0 Å². The minimum atomic E-state index is -0.550. The van der Waals surface area contributed by atoms with E-state index in [1.807, 2.05) is 34.9 Å². The van der Waals surface area contributed by atoms with E-state index in [2.05, 4.69) is 21.2 Å². The average molecular weight is 599 g/mol. The summed E-state index contributed by atoms with van der Waals surface area (Å²) >= 11 is 10.4. The van der Waals surface area contributed by atoms with Crippen LogP contribution in [0.2, 0.25) is 5.02 Å². The van der Waals surface area contributed by atoms with Crippen LogP contribution in [0.15, 0.2) is 82.3 Å². The Balaban J connectivity index is 1.40. The molecule has 1 saturated heterocycles. The molecule has 0 aliphatic carbocycles. The van der Waals surface area contributed by atoms with Crippen LogP contribution in [0.4, 0.5) is 14.9 Å². The second kappa shape index (κ2) is 10.5. The quantitative estimate of drug-likeness (QED) is 0.245. The van der Waals surface area contributed by atoms with E-state index >= 15 is 0 Å². The van der Waals surface area contributed by atoms with Gasteiger partial charge in [0, 0.05) is 37.7 Å². The van der Waals surface area contributed by atoms with Crippen molar-refractivity contribution in [3.63, 3.8) is 0 Å². The molecule has 0 unspecified atom stereocenters. The first-order valence-corrected chi connectivity index (χ1v) is 13.1. The number of nitrogens with zero attached hydrogens (tertiary/aromatic N) is 2. The van der Waals surface area contributed by atoms with Crippen LogP contribution in [0.25, 0.3) is 17.0 Å². The van der Waals surface area contributed by atoms with Gasteiger partial charge in [0.1, 0.15) is 12.4 Å². The number of fused-ring (bicyclic) bond motifs is 1. The molecule has 186 valence electrons. The van der Waals surface area contributed by atoms with Crippen LogP contribution in [0.1, 0.15) is 11.1 Å². The predicted molar refractivity (Wildman–Crippen MR) is 148 cm³/mol. The lowest BCUT2D eigenvalue weighted by Crippen LogP contribution is -2.36. The average Bonchev–Trinajstić information content (AvgIpc) is 3.35. The molecule has 0 saturated carbocycles. The topological polar surface area (TPSA) is 71.4 Å². The molecule has 10 heteroatoms. The molecule has 6 nitrogen and oxygen atoms in total. The molecule has 5 rings (SSSR count). The van der Waals surface area contributed by atoms with Crippen molar-refractivity contribution in [3.05, 3.63) is 104 Å². The number of imide groups is 1. The Labute approximate surface area is 229 Å². The summed E-state index contributed by atoms with van der Waals surface area (Å²) in [6, 6.07) is 19.1. The largest absolute Gasteiger partial charge is 0.342 e. The molecule has 1 aliphatic rings. The zero-order valence-electron chi connectivity index (χ0n) is 19.1. The maximum atomic E-state index is 14.4. The lowest BCUT2D eigenvalue weighted by atomic mass is 10.1. The maximum Gasteiger partial charge on any atom is 0.294 e. The number of benzene rings is 3. The smallest absolute Gasteiger partial charge is 0.294 e. The molecule has 0 spiro atoms. The molecule has 1 N–H and O–H groups in total. The highest BCUT2D eigenvalue weighted by atomic mass is 79.9. The zero-order valence-corrected chi connectivity index (χ0v) is 22.2. The third-order valence-electron chi connectivity index (χ3n) is 5.82. The van der Waals surface area contributed by atoms with E-state index in [1.54, 1.807) is 42.6 Å². The predicted octanol–water partition coefficient (Wildman–Crippen LogP) is 6.92. The van der Waals surface area contributed by atoms with E-state index < -0.39 is 29.4 Å². The monoisotopic (exact) mass is 597 g/mol. The van der Waals surface area contributed by atoms with Crippen LogP contribution in [0.3, 0.4) is 0 Å². The summed E-state index contributed by atoms with van der Waals surface area (Å²) in [6.07, 6.45) is 3.42. The third kappa shape index (κ3) is 5.20. The Morgan fingerprint density at radius 3 is 2.59 bits per heavy atom. The molecule has 2 heterocycles. The lowest BCUT2D eigenvalue weighted by Gasteiger charge is -2.13. The Bertz CT molecular complexity index is 1580. The van der Waals surface area contributed by atoms with E-state index in [4.69, 9.17) is 11.6 Å². The van der Waals surface area contributed by atoms with Crippen LogP contribution in [-0.2, 0) is 16.1 Å². The molecule has 0 bridgehead atoms. The summed E-state index contributed by atoms with van der Waals surface area (Å²) < 4.78 is 17.0. The summed E-state index contributed by atoms with van der Waals surface area (Å²) in [5, 5.41) is 3.32. The summed E-state index contributed by atoms with van der Waals surface area (Å²) in [5.74, 6) is -1.45. The van der Waals surface area contributed by atoms with Crippen LogP contribution >= 0.6 is 39.3 Å². The molecular weight excluding hydrogens is 581 g/mol. The first-order chi connectivity index (χ1) is 17.8. The maximum absolute atomic E-state index is 14.4. The van der Waals surface area contributed by atoms with Gasteiger partial charge in [-0.25, -0.2) is 4.39 Å². The molecule has 0 radical (unpaired) electrons. The number of hydrogen-bond donors (Lipinski definition) is 1. The number of carbonyl (C=O) groups is 3. The van der Waals surface area contributed by atoms with Crippen LogP contribution in [0, 0.1) is 5.82 Å². The minimum Gasteiger partial charge on any atom is -0.342 e. The number of carbonyl (C=O) groups excluding carboxylic acids is 3. The van der Waals surface area contributed by atoms with E-state index in [0.717, 1.165) is 27.6 Å². The first kappa shape index (κ1) is 25.3. The molecule has 3 aromatic carbocycles. The summed E-state index contributed by atoms with van der Waals surface area (Å²) in [4.78, 5) is 39.3. The number of aromatic nitrogens is 1. The normalized spacial score (nSPS) is 14.7. The standard InChI is InChI=1S/C27H18BrClFN3O3S/c28-19-7-2-3-10-22(19)31-25(34)15-33-26(35)24(37-27(33)36)12-16-13-32(23-11-4-1-6-17(16)23)14-18-20(29)8-5-9-21(18)30/h1-13H,14-15H2,(H,31,34)/b24-12+. The fraction of sp³-hybridized carbons (Fsp3) is 0.0741. The van der Waals surface area contributed by atoms with Crippen molar-refractivity contribution in [3.8, 4) is 0 Å². The molecule has 1 aromatic heterocycles. The third-order valence-corrected chi connectivity index (χ3v) is 7.77. The van der Waals surface area contributed by atoms with Crippen molar-refractivity contribution in [1.29, 1.82) is 0 Å². The van der Waals surface area contributed by atoms with Gasteiger partial charge in [0.25, 0.3) is 11.1 Å². The molecule has 0 atom stereocenters. The van der Waals surface area contributed by atoms with Crippen molar-refractivity contribution in [2.75, 3.05) is 11.9 Å². The SMILES string of the molecule is O=C(CN1C(=O)S/C(=C/c2cn(Cc3c(F)cccc3Cl)c3ccccc23)C1=O)Nc1ccccc1Br. The Kier molecular flexibility index (Phi) is 7.19. The van der Waals surface area contributed by atoms with Crippen LogP contribution in [-0.4, -0.2) is 33.1 Å². The fourth-order valence-electron chi connectivity index (χ4n) is 4.05. The minimum absolute atomic E-state index is 0.191. The molecule has 1 fully saturated rings. The Morgan fingerprint density at radius 1 is 1.05 bits per heavy atom. The van der Waals surface area contributed by atoms with Gasteiger partial charge in [0.05, 0.1) is 17.1 Å². The second-order valence-electron chi connectivity index (χ2n) is 8.23. The second-order valence-corrected chi connectivity index (χ2v) is 10.5. The zero-order chi connectivity index (χ0) is 26.1. The van der Waals surface area contributed by atoms with Gasteiger partial charge in [-0.05, 0) is 64.1 Å². The van der Waals surface area contributed by atoms with Crippen molar-refractivity contribution in [1.82, 2.24) is 9.47 Å². The van der Waals surface area contributed by atoms with Gasteiger partial charge in [-0.2, -0.15) is 0 Å². The number of anilines is 1. The number of para-hydroxylation sites is 2. The first-order valence-electron chi connectivity index (χ1n) is 11.1. The van der Waals surface area contributed by atoms with E-state index in [9.17, 15) is 18.8 Å². The van der Waals surface area contributed by atoms with Crippen LogP contribution < -0.4 is 5.32 Å². The van der Waals surface area contributed by atoms with Gasteiger partial charge in [-0.15, -0.1) is 0 Å². The van der Waals surface area contributed by atoms with E-state index in [1.165, 1.54) is 6.07 Å². The molecule has 4 aromatic rings. The van der Waals surface area contributed by atoms with E-state index in [-0.39, 0.29) is 11.4 Å². The number of hydrogen-bond acceptors (Lipinski definition) is 4. The molecular formula is C27H18BrClFN3O3S. The van der Waals surface area contributed by atoms with Gasteiger partial charge < -0.3 is 9.88 Å². The van der Waals surface area contributed by atoms with Crippen molar-refractivity contribution in [2.24, 2.45) is 0 Å². The number of nitrogens with one attached hydrogen (secondary N) is 1. The lowest BCUT2D eigenvalue weighted by molar-refractivity contribution is -0.127. The Hall–Kier alpha value is -3.40. The Morgan fingerprint density at radius 2 is 1.81 bits per heavy atom. The van der Waals surface area contributed by atoms with Gasteiger partial charge in [-0.3, -0.25) is 19.3 Å². The summed E-state index contributed by atoms with van der Waals surface area (Å²) in [6.45, 7) is -0.215. The van der Waals surface area contributed by atoms with Gasteiger partial charge >= 0.3 is 0 Å². The van der Waals surface area contributed by atoms with Crippen molar-refractivity contribution >= 4 is 79.0 Å². The molecule has 3 amide bonds. The van der Waals surface area contributed by atoms with Crippen molar-refractivity contribution in [2.45, 2.75) is 6.54 Å². The fourth-order valence-corrected chi connectivity index (χ4v) is 5.48. The number of amides is 3. The van der Waals surface area contributed by atoms with Crippen LogP contribution in [0.5, 0.6) is 0 Å². The molecule has 37 heavy (non-hydrogen) atoms. The number of rotatable bonds is 6. The molecule has 1 aliphatic heterocycles. The summed E-state index contributed by atoms with van der Waals surface area (Å²) in [5.41, 5.74) is 2.40. The number of thioether (sulfide) groups is 1. The van der Waals surface area contributed by atoms with Crippen molar-refractivity contribution < 1.29 is 18.8 Å². The van der Waals surface area contributed by atoms with E-state index in [0.29, 0.717) is 26.3 Å². The van der Waals surface area contributed by atoms with Gasteiger partial charge in [0.15, 0.2) is 0 Å². The number of halogens is 3. The highest BCUT2D eigenvalue weighted by Crippen LogP contribution is 2.35.